The molecule has 16 heavy (non-hydrogen) atoms. The van der Waals surface area contributed by atoms with Crippen molar-refractivity contribution < 1.29 is 19.1 Å². The monoisotopic (exact) mass is 288 g/mol. The van der Waals surface area contributed by atoms with Crippen LogP contribution in [-0.4, -0.2) is 17.7 Å². The van der Waals surface area contributed by atoms with Crippen LogP contribution in [0.5, 0.6) is 0 Å². The van der Waals surface area contributed by atoms with Crippen molar-refractivity contribution in [1.29, 1.82) is 5.26 Å². The minimum absolute atomic E-state index is 0.000995. The molecule has 7 heteroatoms. The second-order valence-electron chi connectivity index (χ2n) is 2.68. The number of halogens is 2. The zero-order valence-corrected chi connectivity index (χ0v) is 9.41. The van der Waals surface area contributed by atoms with Gasteiger partial charge in [0.25, 0.3) is 0 Å². The van der Waals surface area contributed by atoms with Gasteiger partial charge in [-0.15, -0.1) is 0 Å². The fraction of sp³-hybridized carbons (Fsp3) is 0.111. The van der Waals surface area contributed by atoms with E-state index in [0.29, 0.717) is 0 Å². The Morgan fingerprint density at radius 1 is 1.69 bits per heavy atom. The maximum Gasteiger partial charge on any atom is 0.332 e. The van der Waals surface area contributed by atoms with Crippen molar-refractivity contribution >= 4 is 27.6 Å². The Bertz CT molecular complexity index is 459. The number of hydrogen-bond donors (Lipinski definition) is 2. The van der Waals surface area contributed by atoms with Gasteiger partial charge in [-0.1, -0.05) is 0 Å². The lowest BCUT2D eigenvalue weighted by molar-refractivity contribution is -0.141. The van der Waals surface area contributed by atoms with Crippen LogP contribution in [0.3, 0.4) is 0 Å². The number of aliphatic carboxylic acids is 1. The number of carbonyl (C=O) groups is 1. The minimum atomic E-state index is -1.18. The SMILES string of the molecule is N#Cc1ccc(NOCC(=O)O)c(F)c1Br. The molecule has 2 N–H and O–H groups in total. The van der Waals surface area contributed by atoms with Gasteiger partial charge in [0, 0.05) is 0 Å². The molecular weight excluding hydrogens is 283 g/mol. The van der Waals surface area contributed by atoms with Crippen molar-refractivity contribution in [3.05, 3.63) is 28.0 Å². The molecule has 0 aliphatic rings. The van der Waals surface area contributed by atoms with Crippen LogP contribution in [0.1, 0.15) is 5.56 Å². The van der Waals surface area contributed by atoms with E-state index >= 15 is 0 Å². The van der Waals surface area contributed by atoms with Crippen LogP contribution in [-0.2, 0) is 9.63 Å². The Morgan fingerprint density at radius 3 is 2.94 bits per heavy atom. The normalized spacial score (nSPS) is 9.56. The van der Waals surface area contributed by atoms with Crippen molar-refractivity contribution in [2.24, 2.45) is 0 Å². The highest BCUT2D eigenvalue weighted by Crippen LogP contribution is 2.26. The standard InChI is InChI=1S/C9H6BrFN2O3/c10-8-5(3-12)1-2-6(9(8)11)13-16-4-7(14)15/h1-2,13H,4H2,(H,14,15). The van der Waals surface area contributed by atoms with E-state index in [2.05, 4.69) is 26.2 Å². The van der Waals surface area contributed by atoms with Crippen LogP contribution >= 0.6 is 15.9 Å². The van der Waals surface area contributed by atoms with Gasteiger partial charge in [-0.2, -0.15) is 5.26 Å². The summed E-state index contributed by atoms with van der Waals surface area (Å²) in [6.45, 7) is -0.600. The molecule has 0 atom stereocenters. The van der Waals surface area contributed by atoms with Gasteiger partial charge in [-0.25, -0.2) is 9.18 Å². The minimum Gasteiger partial charge on any atom is -0.479 e. The van der Waals surface area contributed by atoms with Crippen LogP contribution in [0.4, 0.5) is 10.1 Å². The number of benzene rings is 1. The first kappa shape index (κ1) is 12.4. The van der Waals surface area contributed by atoms with Crippen LogP contribution < -0.4 is 5.48 Å². The first-order chi connectivity index (χ1) is 7.56. The van der Waals surface area contributed by atoms with E-state index in [9.17, 15) is 9.18 Å². The Kier molecular flexibility index (Phi) is 4.22. The van der Waals surface area contributed by atoms with Crippen molar-refractivity contribution in [3.63, 3.8) is 0 Å². The Hall–Kier alpha value is -1.65. The highest BCUT2D eigenvalue weighted by Gasteiger charge is 2.11. The number of carboxylic acid groups (broad SMARTS) is 1. The van der Waals surface area contributed by atoms with Gasteiger partial charge < -0.3 is 5.11 Å². The van der Waals surface area contributed by atoms with Gasteiger partial charge in [0.2, 0.25) is 0 Å². The summed E-state index contributed by atoms with van der Waals surface area (Å²) in [5.74, 6) is -1.90. The third kappa shape index (κ3) is 2.92. The largest absolute Gasteiger partial charge is 0.479 e. The van der Waals surface area contributed by atoms with Crippen LogP contribution in [0.15, 0.2) is 16.6 Å². The number of rotatable bonds is 4. The van der Waals surface area contributed by atoms with E-state index in [1.807, 2.05) is 0 Å². The zero-order chi connectivity index (χ0) is 12.1. The van der Waals surface area contributed by atoms with Gasteiger partial charge in [-0.3, -0.25) is 10.3 Å². The van der Waals surface area contributed by atoms with Crippen molar-refractivity contribution in [3.8, 4) is 6.07 Å². The number of anilines is 1. The molecular formula is C9H6BrFN2O3. The molecule has 0 amide bonds. The molecule has 0 aliphatic heterocycles. The molecule has 0 heterocycles. The number of nitrogens with one attached hydrogen (secondary N) is 1. The van der Waals surface area contributed by atoms with E-state index in [1.54, 1.807) is 6.07 Å². The molecule has 5 nitrogen and oxygen atoms in total. The second-order valence-corrected chi connectivity index (χ2v) is 3.48. The molecule has 0 spiro atoms. The topological polar surface area (TPSA) is 82.3 Å². The fourth-order valence-electron chi connectivity index (χ4n) is 0.890. The third-order valence-electron chi connectivity index (χ3n) is 1.58. The summed E-state index contributed by atoms with van der Waals surface area (Å²) in [6, 6.07) is 4.44. The maximum absolute atomic E-state index is 13.5. The van der Waals surface area contributed by atoms with E-state index in [-0.39, 0.29) is 15.7 Å². The number of hydrogen-bond acceptors (Lipinski definition) is 4. The molecule has 1 rings (SSSR count). The van der Waals surface area contributed by atoms with Gasteiger partial charge in [-0.05, 0) is 28.1 Å². The highest BCUT2D eigenvalue weighted by molar-refractivity contribution is 9.10. The van der Waals surface area contributed by atoms with Gasteiger partial charge in [0.05, 0.1) is 15.7 Å². The molecule has 0 aliphatic carbocycles. The average Bonchev–Trinajstić information content (AvgIpc) is 2.24. The Morgan fingerprint density at radius 2 is 2.38 bits per heavy atom. The van der Waals surface area contributed by atoms with Crippen LogP contribution in [0.2, 0.25) is 0 Å². The number of nitrogens with zero attached hydrogens (tertiary/aromatic N) is 1. The summed E-state index contributed by atoms with van der Waals surface area (Å²) in [4.78, 5) is 14.6. The Labute approximate surface area is 98.5 Å². The van der Waals surface area contributed by atoms with Crippen LogP contribution in [0, 0.1) is 17.1 Å². The summed E-state index contributed by atoms with van der Waals surface area (Å²) in [6.07, 6.45) is 0. The highest BCUT2D eigenvalue weighted by atomic mass is 79.9. The molecule has 0 radical (unpaired) electrons. The van der Waals surface area contributed by atoms with Gasteiger partial charge in [0.15, 0.2) is 12.4 Å². The molecule has 0 unspecified atom stereocenters. The quantitative estimate of drug-likeness (QED) is 0.827. The first-order valence-electron chi connectivity index (χ1n) is 4.04. The summed E-state index contributed by atoms with van der Waals surface area (Å²) in [7, 11) is 0. The maximum atomic E-state index is 13.5. The van der Waals surface area contributed by atoms with E-state index < -0.39 is 18.4 Å². The molecule has 1 aromatic rings. The predicted octanol–water partition coefficient (Wildman–Crippen LogP) is 1.89. The molecule has 0 bridgehead atoms. The molecule has 0 aromatic heterocycles. The summed E-state index contributed by atoms with van der Waals surface area (Å²) in [5.41, 5.74) is 2.23. The fourth-order valence-corrected chi connectivity index (χ4v) is 1.32. The lowest BCUT2D eigenvalue weighted by atomic mass is 10.2. The molecule has 1 aromatic carbocycles. The van der Waals surface area contributed by atoms with E-state index in [4.69, 9.17) is 10.4 Å². The average molecular weight is 289 g/mol. The smallest absolute Gasteiger partial charge is 0.332 e. The Balaban J connectivity index is 2.79. The number of carboxylic acids is 1. The lowest BCUT2D eigenvalue weighted by Gasteiger charge is -2.07. The number of nitriles is 1. The second kappa shape index (κ2) is 5.44. The zero-order valence-electron chi connectivity index (χ0n) is 7.83. The third-order valence-corrected chi connectivity index (χ3v) is 2.36. The van der Waals surface area contributed by atoms with E-state index in [0.717, 1.165) is 0 Å². The van der Waals surface area contributed by atoms with Crippen molar-refractivity contribution in [1.82, 2.24) is 0 Å². The van der Waals surface area contributed by atoms with Crippen molar-refractivity contribution in [2.75, 3.05) is 12.1 Å². The van der Waals surface area contributed by atoms with Crippen molar-refractivity contribution in [2.45, 2.75) is 0 Å². The summed E-state index contributed by atoms with van der Waals surface area (Å²) < 4.78 is 13.5. The molecule has 84 valence electrons. The first-order valence-corrected chi connectivity index (χ1v) is 4.83. The van der Waals surface area contributed by atoms with E-state index in [1.165, 1.54) is 12.1 Å². The molecule has 0 fully saturated rings. The van der Waals surface area contributed by atoms with Gasteiger partial charge >= 0.3 is 5.97 Å². The van der Waals surface area contributed by atoms with Crippen LogP contribution in [0.25, 0.3) is 0 Å². The summed E-state index contributed by atoms with van der Waals surface area (Å²) >= 11 is 2.90. The van der Waals surface area contributed by atoms with Gasteiger partial charge in [0.1, 0.15) is 6.07 Å². The lowest BCUT2D eigenvalue weighted by Crippen LogP contribution is -2.12. The summed E-state index contributed by atoms with van der Waals surface area (Å²) in [5, 5.41) is 16.9. The molecule has 0 saturated carbocycles. The predicted molar refractivity (Wildman–Crippen MR) is 56.0 cm³/mol. The molecule has 0 saturated heterocycles.